The van der Waals surface area contributed by atoms with Crippen LogP contribution in [-0.4, -0.2) is 44.6 Å². The smallest absolute Gasteiger partial charge is 0.300 e. The molecule has 0 fully saturated rings. The van der Waals surface area contributed by atoms with Gasteiger partial charge in [0.1, 0.15) is 0 Å². The van der Waals surface area contributed by atoms with E-state index >= 15 is 0 Å². The Bertz CT molecular complexity index is 216. The van der Waals surface area contributed by atoms with Crippen LogP contribution in [0.25, 0.3) is 0 Å². The molecule has 0 aromatic heterocycles. The van der Waals surface area contributed by atoms with Gasteiger partial charge in [0.15, 0.2) is 0 Å². The Hall–Kier alpha value is -1.40. The Balaban J connectivity index is 0. The van der Waals surface area contributed by atoms with Gasteiger partial charge in [-0.15, -0.1) is 0 Å². The molecule has 0 saturated heterocycles. The molecule has 100 valence electrons. The molecule has 0 radical (unpaired) electrons. The molecule has 0 spiro atoms. The number of carboxylic acids is 2. The lowest BCUT2D eigenvalue weighted by Crippen LogP contribution is -1.98. The van der Waals surface area contributed by atoms with Crippen molar-refractivity contribution in [2.45, 2.75) is 45.3 Å². The minimum atomic E-state index is -0.833. The predicted molar refractivity (Wildman–Crippen MR) is 61.6 cm³/mol. The molecule has 0 aromatic carbocycles. The lowest BCUT2D eigenvalue weighted by Gasteiger charge is -1.99. The summed E-state index contributed by atoms with van der Waals surface area (Å²) in [5, 5.41) is 32.9. The third kappa shape index (κ3) is 25.2. The molecular weight excluding hydrogens is 228 g/mol. The number of aliphatic carboxylic acids is 2. The number of aliphatic hydroxyl groups is 2. The van der Waals surface area contributed by atoms with Crippen LogP contribution in [0.4, 0.5) is 0 Å². The highest BCUT2D eigenvalue weighted by Crippen LogP contribution is 2.10. The van der Waals surface area contributed by atoms with Gasteiger partial charge < -0.3 is 20.4 Å². The van der Waals surface area contributed by atoms with Gasteiger partial charge in [0, 0.05) is 13.8 Å². The van der Waals surface area contributed by atoms with Crippen LogP contribution in [0.3, 0.4) is 0 Å². The molecule has 0 saturated carbocycles. The standard InChI is InChI=1S/C7H12O2.2C2H4O2/c8-6-2-1-3-7(9)5-4-6;2*1-2(3)4/h4-9H,1-3H2;2*1H3,(H,3,4). The van der Waals surface area contributed by atoms with E-state index in [0.717, 1.165) is 33.1 Å². The molecule has 4 N–H and O–H groups in total. The van der Waals surface area contributed by atoms with E-state index < -0.39 is 11.9 Å². The van der Waals surface area contributed by atoms with Crippen LogP contribution in [-0.2, 0) is 9.59 Å². The average molecular weight is 248 g/mol. The number of carboxylic acid groups (broad SMARTS) is 2. The summed E-state index contributed by atoms with van der Waals surface area (Å²) in [5.74, 6) is -1.67. The topological polar surface area (TPSA) is 115 Å². The van der Waals surface area contributed by atoms with E-state index in [0.29, 0.717) is 0 Å². The zero-order chi connectivity index (χ0) is 13.8. The van der Waals surface area contributed by atoms with Crippen molar-refractivity contribution in [3.05, 3.63) is 12.2 Å². The first-order valence-electron chi connectivity index (χ1n) is 5.19. The molecular formula is C11H20O6. The van der Waals surface area contributed by atoms with Gasteiger partial charge in [0.25, 0.3) is 11.9 Å². The van der Waals surface area contributed by atoms with Crippen LogP contribution in [0.1, 0.15) is 33.1 Å². The van der Waals surface area contributed by atoms with E-state index in [-0.39, 0.29) is 12.2 Å². The highest BCUT2D eigenvalue weighted by molar-refractivity contribution is 5.63. The Labute approximate surface area is 100 Å². The van der Waals surface area contributed by atoms with Gasteiger partial charge in [-0.05, 0) is 19.3 Å². The summed E-state index contributed by atoms with van der Waals surface area (Å²) >= 11 is 0. The molecule has 0 bridgehead atoms. The van der Waals surface area contributed by atoms with Crippen LogP contribution in [0, 0.1) is 0 Å². The summed E-state index contributed by atoms with van der Waals surface area (Å²) in [7, 11) is 0. The third-order valence-electron chi connectivity index (χ3n) is 1.56. The molecule has 1 aliphatic carbocycles. The van der Waals surface area contributed by atoms with Gasteiger partial charge in [-0.2, -0.15) is 0 Å². The summed E-state index contributed by atoms with van der Waals surface area (Å²) in [6, 6.07) is 0. The van der Waals surface area contributed by atoms with Crippen molar-refractivity contribution in [1.29, 1.82) is 0 Å². The van der Waals surface area contributed by atoms with Crippen molar-refractivity contribution in [3.8, 4) is 0 Å². The van der Waals surface area contributed by atoms with E-state index in [1.165, 1.54) is 0 Å². The van der Waals surface area contributed by atoms with Crippen molar-refractivity contribution < 1.29 is 30.0 Å². The molecule has 0 aromatic rings. The fourth-order valence-corrected chi connectivity index (χ4v) is 0.985. The van der Waals surface area contributed by atoms with Gasteiger partial charge in [-0.25, -0.2) is 0 Å². The number of hydrogen-bond donors (Lipinski definition) is 4. The monoisotopic (exact) mass is 248 g/mol. The van der Waals surface area contributed by atoms with Gasteiger partial charge in [0.05, 0.1) is 12.2 Å². The number of hydrogen-bond acceptors (Lipinski definition) is 4. The van der Waals surface area contributed by atoms with E-state index in [9.17, 15) is 0 Å². The summed E-state index contributed by atoms with van der Waals surface area (Å²) < 4.78 is 0. The van der Waals surface area contributed by atoms with Gasteiger partial charge >= 0.3 is 0 Å². The lowest BCUT2D eigenvalue weighted by molar-refractivity contribution is -0.135. The molecule has 0 aliphatic heterocycles. The number of rotatable bonds is 0. The molecule has 6 heteroatoms. The molecule has 1 aliphatic rings. The number of carbonyl (C=O) groups is 2. The van der Waals surface area contributed by atoms with E-state index in [4.69, 9.17) is 30.0 Å². The maximum Gasteiger partial charge on any atom is 0.300 e. The lowest BCUT2D eigenvalue weighted by atomic mass is 10.2. The minimum absolute atomic E-state index is 0.331. The van der Waals surface area contributed by atoms with Gasteiger partial charge in [0.2, 0.25) is 0 Å². The third-order valence-corrected chi connectivity index (χ3v) is 1.56. The second kappa shape index (κ2) is 11.1. The Morgan fingerprint density at radius 2 is 1.18 bits per heavy atom. The predicted octanol–water partition coefficient (Wildman–Crippen LogP) is 0.630. The first-order valence-corrected chi connectivity index (χ1v) is 5.19. The summed E-state index contributed by atoms with van der Waals surface area (Å²) in [5.41, 5.74) is 0. The molecule has 17 heavy (non-hydrogen) atoms. The van der Waals surface area contributed by atoms with Gasteiger partial charge in [-0.3, -0.25) is 9.59 Å². The first kappa shape index (κ1) is 18.0. The Kier molecular flexibility index (Phi) is 11.7. The van der Waals surface area contributed by atoms with Crippen LogP contribution >= 0.6 is 0 Å². The zero-order valence-electron chi connectivity index (χ0n) is 10.0. The van der Waals surface area contributed by atoms with Crippen molar-refractivity contribution in [3.63, 3.8) is 0 Å². The van der Waals surface area contributed by atoms with Crippen LogP contribution in [0.15, 0.2) is 12.2 Å². The maximum absolute atomic E-state index is 9.01. The maximum atomic E-state index is 9.01. The summed E-state index contributed by atoms with van der Waals surface area (Å²) in [6.07, 6.45) is 5.15. The summed E-state index contributed by atoms with van der Waals surface area (Å²) in [4.78, 5) is 18.0. The Morgan fingerprint density at radius 1 is 0.941 bits per heavy atom. The quantitative estimate of drug-likeness (QED) is 0.467. The van der Waals surface area contributed by atoms with Crippen LogP contribution < -0.4 is 0 Å². The average Bonchev–Trinajstić information content (AvgIpc) is 2.29. The highest BCUT2D eigenvalue weighted by Gasteiger charge is 2.07. The molecule has 0 heterocycles. The van der Waals surface area contributed by atoms with E-state index in [1.807, 2.05) is 0 Å². The molecule has 0 amide bonds. The summed E-state index contributed by atoms with van der Waals surface area (Å²) in [6.45, 7) is 2.17. The normalized spacial score (nSPS) is 22.1. The van der Waals surface area contributed by atoms with E-state index in [2.05, 4.69) is 0 Å². The molecule has 2 atom stereocenters. The molecule has 6 nitrogen and oxygen atoms in total. The molecule has 2 unspecified atom stereocenters. The van der Waals surface area contributed by atoms with Crippen molar-refractivity contribution in [1.82, 2.24) is 0 Å². The first-order chi connectivity index (χ1) is 7.75. The second-order valence-corrected chi connectivity index (χ2v) is 3.49. The zero-order valence-corrected chi connectivity index (χ0v) is 10.0. The minimum Gasteiger partial charge on any atom is -0.481 e. The van der Waals surface area contributed by atoms with Crippen molar-refractivity contribution in [2.24, 2.45) is 0 Å². The Morgan fingerprint density at radius 3 is 1.41 bits per heavy atom. The second-order valence-electron chi connectivity index (χ2n) is 3.49. The molecule has 1 rings (SSSR count). The van der Waals surface area contributed by atoms with E-state index in [1.54, 1.807) is 12.2 Å². The SMILES string of the molecule is CC(=O)O.CC(=O)O.OC1C=CC(O)CCC1. The number of aliphatic hydroxyl groups excluding tert-OH is 2. The van der Waals surface area contributed by atoms with Crippen molar-refractivity contribution in [2.75, 3.05) is 0 Å². The van der Waals surface area contributed by atoms with Crippen LogP contribution in [0.5, 0.6) is 0 Å². The highest BCUT2D eigenvalue weighted by atomic mass is 16.4. The largest absolute Gasteiger partial charge is 0.481 e. The van der Waals surface area contributed by atoms with Gasteiger partial charge in [-0.1, -0.05) is 12.2 Å². The van der Waals surface area contributed by atoms with Crippen molar-refractivity contribution >= 4 is 11.9 Å². The fourth-order valence-electron chi connectivity index (χ4n) is 0.985. The fraction of sp³-hybridized carbons (Fsp3) is 0.636. The van der Waals surface area contributed by atoms with Crippen LogP contribution in [0.2, 0.25) is 0 Å².